The maximum atomic E-state index is 13.2. The zero-order valence-corrected chi connectivity index (χ0v) is 10.0. The third kappa shape index (κ3) is 2.30. The Bertz CT molecular complexity index is 592. The molecular formula is C13H12F2N2O. The van der Waals surface area contributed by atoms with E-state index in [0.717, 1.165) is 17.8 Å². The van der Waals surface area contributed by atoms with Crippen LogP contribution in [0.3, 0.4) is 0 Å². The average Bonchev–Trinajstić information content (AvgIpc) is 2.70. The van der Waals surface area contributed by atoms with Gasteiger partial charge in [-0.05, 0) is 31.5 Å². The van der Waals surface area contributed by atoms with Crippen LogP contribution in [0.4, 0.5) is 8.78 Å². The fourth-order valence-corrected chi connectivity index (χ4v) is 1.88. The van der Waals surface area contributed by atoms with E-state index < -0.39 is 17.7 Å². The molecule has 0 bridgehead atoms. The molecule has 18 heavy (non-hydrogen) atoms. The van der Waals surface area contributed by atoms with Gasteiger partial charge < -0.3 is 4.57 Å². The molecule has 2 aromatic rings. The molecule has 0 saturated carbocycles. The third-order valence-electron chi connectivity index (χ3n) is 2.67. The Kier molecular flexibility index (Phi) is 3.23. The fourth-order valence-electron chi connectivity index (χ4n) is 1.88. The maximum absolute atomic E-state index is 13.2. The summed E-state index contributed by atoms with van der Waals surface area (Å²) in [5.74, 6) is -2.06. The molecule has 0 aliphatic rings. The fraction of sp³-hybridized carbons (Fsp3) is 0.231. The predicted octanol–water partition coefficient (Wildman–Crippen LogP) is 2.65. The number of halogens is 2. The number of hydrogen-bond donors (Lipinski definition) is 0. The van der Waals surface area contributed by atoms with Crippen molar-refractivity contribution in [3.05, 3.63) is 53.6 Å². The zero-order chi connectivity index (χ0) is 13.3. The predicted molar refractivity (Wildman–Crippen MR) is 62.1 cm³/mol. The number of hydrogen-bond acceptors (Lipinski definition) is 2. The van der Waals surface area contributed by atoms with E-state index >= 15 is 0 Å². The standard InChI is InChI=1S/C13H12F2N2O/c1-8-6-17(7-16-8)13(9(2)18)10-3-4-11(14)12(15)5-10/h3-7,13H,1-2H3. The molecule has 0 N–H and O–H groups in total. The van der Waals surface area contributed by atoms with Crippen LogP contribution in [0.5, 0.6) is 0 Å². The number of carbonyl (C=O) groups excluding carboxylic acids is 1. The van der Waals surface area contributed by atoms with E-state index in [9.17, 15) is 13.6 Å². The van der Waals surface area contributed by atoms with Crippen LogP contribution in [-0.4, -0.2) is 15.3 Å². The van der Waals surface area contributed by atoms with E-state index in [1.165, 1.54) is 19.3 Å². The highest BCUT2D eigenvalue weighted by atomic mass is 19.2. The van der Waals surface area contributed by atoms with Gasteiger partial charge in [0.15, 0.2) is 17.4 Å². The molecule has 2 rings (SSSR count). The van der Waals surface area contributed by atoms with Crippen LogP contribution in [-0.2, 0) is 4.79 Å². The van der Waals surface area contributed by atoms with Gasteiger partial charge in [0.25, 0.3) is 0 Å². The summed E-state index contributed by atoms with van der Waals surface area (Å²) in [5.41, 5.74) is 1.16. The van der Waals surface area contributed by atoms with Crippen molar-refractivity contribution in [3.63, 3.8) is 0 Å². The summed E-state index contributed by atoms with van der Waals surface area (Å²) in [6.07, 6.45) is 3.19. The average molecular weight is 250 g/mol. The van der Waals surface area contributed by atoms with Gasteiger partial charge in [0, 0.05) is 6.20 Å². The highest BCUT2D eigenvalue weighted by molar-refractivity contribution is 5.83. The molecule has 5 heteroatoms. The monoisotopic (exact) mass is 250 g/mol. The van der Waals surface area contributed by atoms with Gasteiger partial charge >= 0.3 is 0 Å². The van der Waals surface area contributed by atoms with E-state index in [2.05, 4.69) is 4.98 Å². The van der Waals surface area contributed by atoms with Crippen LogP contribution in [0, 0.1) is 18.6 Å². The Morgan fingerprint density at radius 1 is 1.33 bits per heavy atom. The summed E-state index contributed by atoms with van der Waals surface area (Å²) >= 11 is 0. The first-order valence-corrected chi connectivity index (χ1v) is 5.44. The highest BCUT2D eigenvalue weighted by Crippen LogP contribution is 2.21. The molecule has 1 atom stereocenters. The van der Waals surface area contributed by atoms with Gasteiger partial charge in [-0.2, -0.15) is 0 Å². The van der Waals surface area contributed by atoms with Crippen molar-refractivity contribution in [1.82, 2.24) is 9.55 Å². The van der Waals surface area contributed by atoms with Crippen LogP contribution in [0.15, 0.2) is 30.7 Å². The van der Waals surface area contributed by atoms with E-state index in [1.54, 1.807) is 17.7 Å². The number of carbonyl (C=O) groups is 1. The Hall–Kier alpha value is -2.04. The van der Waals surface area contributed by atoms with Crippen molar-refractivity contribution in [2.45, 2.75) is 19.9 Å². The number of ketones is 1. The molecular weight excluding hydrogens is 238 g/mol. The minimum Gasteiger partial charge on any atom is -0.323 e. The van der Waals surface area contributed by atoms with Crippen molar-refractivity contribution >= 4 is 5.78 Å². The molecule has 1 aromatic heterocycles. The quantitative estimate of drug-likeness (QED) is 0.839. The Labute approximate surface area is 103 Å². The van der Waals surface area contributed by atoms with Crippen LogP contribution in [0.1, 0.15) is 24.2 Å². The first-order chi connectivity index (χ1) is 8.49. The summed E-state index contributed by atoms with van der Waals surface area (Å²) in [6, 6.07) is 2.78. The molecule has 0 fully saturated rings. The van der Waals surface area contributed by atoms with E-state index in [0.29, 0.717) is 5.56 Å². The van der Waals surface area contributed by atoms with Gasteiger partial charge in [-0.25, -0.2) is 13.8 Å². The van der Waals surface area contributed by atoms with E-state index in [-0.39, 0.29) is 5.78 Å². The van der Waals surface area contributed by atoms with Crippen LogP contribution in [0.25, 0.3) is 0 Å². The number of aromatic nitrogens is 2. The first kappa shape index (κ1) is 12.4. The molecule has 0 radical (unpaired) electrons. The molecule has 0 aliphatic carbocycles. The van der Waals surface area contributed by atoms with Gasteiger partial charge in [0.2, 0.25) is 0 Å². The second kappa shape index (κ2) is 4.68. The number of imidazole rings is 1. The molecule has 0 amide bonds. The highest BCUT2D eigenvalue weighted by Gasteiger charge is 2.20. The molecule has 0 aliphatic heterocycles. The normalized spacial score (nSPS) is 12.4. The first-order valence-electron chi connectivity index (χ1n) is 5.44. The molecule has 0 spiro atoms. The van der Waals surface area contributed by atoms with Gasteiger partial charge in [-0.3, -0.25) is 4.79 Å². The number of rotatable bonds is 3. The van der Waals surface area contributed by atoms with E-state index in [1.807, 2.05) is 0 Å². The van der Waals surface area contributed by atoms with Crippen LogP contribution < -0.4 is 0 Å². The lowest BCUT2D eigenvalue weighted by atomic mass is 10.0. The van der Waals surface area contributed by atoms with Gasteiger partial charge in [-0.1, -0.05) is 6.07 Å². The SMILES string of the molecule is CC(=O)C(c1ccc(F)c(F)c1)n1cnc(C)c1. The van der Waals surface area contributed by atoms with Crippen molar-refractivity contribution in [3.8, 4) is 0 Å². The summed E-state index contributed by atoms with van der Waals surface area (Å²) in [6.45, 7) is 3.19. The molecule has 1 heterocycles. The largest absolute Gasteiger partial charge is 0.323 e. The number of aryl methyl sites for hydroxylation is 1. The number of benzene rings is 1. The molecule has 3 nitrogen and oxygen atoms in total. The zero-order valence-electron chi connectivity index (χ0n) is 10.0. The maximum Gasteiger partial charge on any atom is 0.159 e. The lowest BCUT2D eigenvalue weighted by molar-refractivity contribution is -0.119. The minimum absolute atomic E-state index is 0.168. The molecule has 0 saturated heterocycles. The second-order valence-electron chi connectivity index (χ2n) is 4.15. The summed E-state index contributed by atoms with van der Waals surface area (Å²) in [4.78, 5) is 15.7. The van der Waals surface area contributed by atoms with Crippen molar-refractivity contribution in [2.24, 2.45) is 0 Å². The summed E-state index contributed by atoms with van der Waals surface area (Å²) in [5, 5.41) is 0. The minimum atomic E-state index is -0.962. The van der Waals surface area contributed by atoms with Crippen molar-refractivity contribution in [2.75, 3.05) is 0 Å². The molecule has 94 valence electrons. The molecule has 1 unspecified atom stereocenters. The van der Waals surface area contributed by atoms with Gasteiger partial charge in [0.05, 0.1) is 12.0 Å². The number of Topliss-reactive ketones (excluding diaryl/α,β-unsaturated/α-hetero) is 1. The molecule has 1 aromatic carbocycles. The van der Waals surface area contributed by atoms with Gasteiger partial charge in [0.1, 0.15) is 6.04 Å². The Morgan fingerprint density at radius 3 is 2.56 bits per heavy atom. The Balaban J connectivity index is 2.48. The second-order valence-corrected chi connectivity index (χ2v) is 4.15. The lowest BCUT2D eigenvalue weighted by Gasteiger charge is -2.15. The van der Waals surface area contributed by atoms with Crippen LogP contribution >= 0.6 is 0 Å². The van der Waals surface area contributed by atoms with Gasteiger partial charge in [-0.15, -0.1) is 0 Å². The lowest BCUT2D eigenvalue weighted by Crippen LogP contribution is -2.17. The summed E-state index contributed by atoms with van der Waals surface area (Å²) < 4.78 is 27.7. The van der Waals surface area contributed by atoms with Crippen molar-refractivity contribution < 1.29 is 13.6 Å². The van der Waals surface area contributed by atoms with Crippen LogP contribution in [0.2, 0.25) is 0 Å². The van der Waals surface area contributed by atoms with Crippen molar-refractivity contribution in [1.29, 1.82) is 0 Å². The Morgan fingerprint density at radius 2 is 2.06 bits per heavy atom. The number of nitrogens with zero attached hydrogens (tertiary/aromatic N) is 2. The van der Waals surface area contributed by atoms with E-state index in [4.69, 9.17) is 0 Å². The topological polar surface area (TPSA) is 34.9 Å². The smallest absolute Gasteiger partial charge is 0.159 e. The third-order valence-corrected chi connectivity index (χ3v) is 2.67. The summed E-state index contributed by atoms with van der Waals surface area (Å²) in [7, 11) is 0.